The van der Waals surface area contributed by atoms with Crippen molar-refractivity contribution in [2.75, 3.05) is 13.1 Å². The van der Waals surface area contributed by atoms with E-state index < -0.39 is 0 Å². The van der Waals surface area contributed by atoms with Crippen molar-refractivity contribution in [1.29, 1.82) is 0 Å². The summed E-state index contributed by atoms with van der Waals surface area (Å²) in [6, 6.07) is -0.183. The third kappa shape index (κ3) is 4.22. The summed E-state index contributed by atoms with van der Waals surface area (Å²) in [5, 5.41) is 6.82. The van der Waals surface area contributed by atoms with Crippen LogP contribution in [0.1, 0.15) is 39.5 Å². The first-order chi connectivity index (χ1) is 9.06. The molecule has 19 heavy (non-hydrogen) atoms. The lowest BCUT2D eigenvalue weighted by Crippen LogP contribution is -2.41. The summed E-state index contributed by atoms with van der Waals surface area (Å²) in [4.78, 5) is 25.2. The van der Waals surface area contributed by atoms with E-state index in [0.717, 1.165) is 44.5 Å². The van der Waals surface area contributed by atoms with Crippen molar-refractivity contribution in [2.24, 2.45) is 11.0 Å². The van der Waals surface area contributed by atoms with Crippen molar-refractivity contribution < 1.29 is 9.59 Å². The van der Waals surface area contributed by atoms with Crippen molar-refractivity contribution in [3.8, 4) is 0 Å². The van der Waals surface area contributed by atoms with Gasteiger partial charge in [-0.1, -0.05) is 0 Å². The molecule has 2 N–H and O–H groups in total. The predicted octanol–water partition coefficient (Wildman–Crippen LogP) is 1.08. The molecule has 0 atom stereocenters. The van der Waals surface area contributed by atoms with Crippen molar-refractivity contribution in [3.63, 3.8) is 0 Å². The maximum absolute atomic E-state index is 11.9. The molecular weight excluding hydrogens is 244 g/mol. The SMILES string of the molecule is CC(C)NC(=O)NN=C1CCN(C(=O)C2CC2)CC1. The molecule has 0 bridgehead atoms. The van der Waals surface area contributed by atoms with E-state index in [1.54, 1.807) is 0 Å². The number of urea groups is 1. The molecule has 0 spiro atoms. The summed E-state index contributed by atoms with van der Waals surface area (Å²) in [6.07, 6.45) is 3.60. The molecule has 6 heteroatoms. The predicted molar refractivity (Wildman–Crippen MR) is 72.8 cm³/mol. The van der Waals surface area contributed by atoms with Crippen LogP contribution in [0.15, 0.2) is 5.10 Å². The maximum atomic E-state index is 11.9. The van der Waals surface area contributed by atoms with Gasteiger partial charge in [-0.25, -0.2) is 10.2 Å². The highest BCUT2D eigenvalue weighted by Gasteiger charge is 2.34. The van der Waals surface area contributed by atoms with Crippen LogP contribution in [-0.4, -0.2) is 41.7 Å². The average Bonchev–Trinajstić information content (AvgIpc) is 3.19. The number of likely N-dealkylation sites (tertiary alicyclic amines) is 1. The Morgan fingerprint density at radius 3 is 2.42 bits per heavy atom. The largest absolute Gasteiger partial charge is 0.342 e. The number of carbonyl (C=O) groups is 2. The highest BCUT2D eigenvalue weighted by atomic mass is 16.2. The second kappa shape index (κ2) is 6.04. The third-order valence-electron chi connectivity index (χ3n) is 3.31. The van der Waals surface area contributed by atoms with E-state index in [1.165, 1.54) is 0 Å². The smallest absolute Gasteiger partial charge is 0.335 e. The molecule has 106 valence electrons. The minimum atomic E-state index is -0.279. The molecule has 1 aliphatic heterocycles. The summed E-state index contributed by atoms with van der Waals surface area (Å²) >= 11 is 0. The minimum absolute atomic E-state index is 0.0956. The molecule has 0 unspecified atom stereocenters. The molecule has 1 aliphatic carbocycles. The van der Waals surface area contributed by atoms with Crippen LogP contribution in [0.4, 0.5) is 4.79 Å². The van der Waals surface area contributed by atoms with E-state index in [9.17, 15) is 9.59 Å². The van der Waals surface area contributed by atoms with Crippen LogP contribution >= 0.6 is 0 Å². The van der Waals surface area contributed by atoms with Gasteiger partial charge < -0.3 is 10.2 Å². The maximum Gasteiger partial charge on any atom is 0.335 e. The Morgan fingerprint density at radius 2 is 1.89 bits per heavy atom. The molecule has 1 heterocycles. The molecule has 0 radical (unpaired) electrons. The minimum Gasteiger partial charge on any atom is -0.342 e. The van der Waals surface area contributed by atoms with E-state index in [2.05, 4.69) is 15.8 Å². The van der Waals surface area contributed by atoms with Crippen LogP contribution in [0.3, 0.4) is 0 Å². The van der Waals surface area contributed by atoms with Crippen molar-refractivity contribution in [1.82, 2.24) is 15.6 Å². The van der Waals surface area contributed by atoms with Gasteiger partial charge in [0.1, 0.15) is 0 Å². The Kier molecular flexibility index (Phi) is 4.39. The van der Waals surface area contributed by atoms with Crippen LogP contribution in [0.25, 0.3) is 0 Å². The first-order valence-corrected chi connectivity index (χ1v) is 6.97. The lowest BCUT2D eigenvalue weighted by atomic mass is 10.1. The van der Waals surface area contributed by atoms with Gasteiger partial charge in [-0.15, -0.1) is 0 Å². The number of rotatable bonds is 3. The van der Waals surface area contributed by atoms with Crippen LogP contribution in [-0.2, 0) is 4.79 Å². The van der Waals surface area contributed by atoms with E-state index >= 15 is 0 Å². The van der Waals surface area contributed by atoms with Gasteiger partial charge in [0.25, 0.3) is 0 Å². The quantitative estimate of drug-likeness (QED) is 0.750. The average molecular weight is 266 g/mol. The molecule has 3 amide bonds. The first kappa shape index (κ1) is 13.8. The van der Waals surface area contributed by atoms with Gasteiger partial charge in [0.2, 0.25) is 5.91 Å². The summed E-state index contributed by atoms with van der Waals surface area (Å²) < 4.78 is 0. The summed E-state index contributed by atoms with van der Waals surface area (Å²) in [6.45, 7) is 5.24. The number of amides is 3. The zero-order valence-electron chi connectivity index (χ0n) is 11.6. The Hall–Kier alpha value is -1.59. The number of nitrogens with zero attached hydrogens (tertiary/aromatic N) is 2. The van der Waals surface area contributed by atoms with Crippen molar-refractivity contribution in [3.05, 3.63) is 0 Å². The number of nitrogens with one attached hydrogen (secondary N) is 2. The number of hydrazone groups is 1. The monoisotopic (exact) mass is 266 g/mol. The fourth-order valence-electron chi connectivity index (χ4n) is 2.11. The highest BCUT2D eigenvalue weighted by Crippen LogP contribution is 2.31. The van der Waals surface area contributed by atoms with Crippen LogP contribution in [0.5, 0.6) is 0 Å². The molecule has 1 saturated heterocycles. The Morgan fingerprint density at radius 1 is 1.26 bits per heavy atom. The molecule has 1 saturated carbocycles. The zero-order chi connectivity index (χ0) is 13.8. The van der Waals surface area contributed by atoms with Gasteiger partial charge >= 0.3 is 6.03 Å². The fraction of sp³-hybridized carbons (Fsp3) is 0.769. The lowest BCUT2D eigenvalue weighted by molar-refractivity contribution is -0.132. The second-order valence-corrected chi connectivity index (χ2v) is 5.52. The molecule has 0 aromatic carbocycles. The Labute approximate surface area is 113 Å². The molecule has 0 aromatic heterocycles. The van der Waals surface area contributed by atoms with E-state index in [4.69, 9.17) is 0 Å². The lowest BCUT2D eigenvalue weighted by Gasteiger charge is -2.27. The van der Waals surface area contributed by atoms with E-state index in [0.29, 0.717) is 5.91 Å². The third-order valence-corrected chi connectivity index (χ3v) is 3.31. The summed E-state index contributed by atoms with van der Waals surface area (Å²) in [5.41, 5.74) is 3.45. The van der Waals surface area contributed by atoms with Gasteiger partial charge in [-0.05, 0) is 26.7 Å². The van der Waals surface area contributed by atoms with Crippen molar-refractivity contribution in [2.45, 2.75) is 45.6 Å². The van der Waals surface area contributed by atoms with E-state index in [-0.39, 0.29) is 18.0 Å². The number of carbonyl (C=O) groups excluding carboxylic acids is 2. The van der Waals surface area contributed by atoms with Crippen LogP contribution in [0.2, 0.25) is 0 Å². The molecule has 2 rings (SSSR count). The van der Waals surface area contributed by atoms with Gasteiger partial charge in [0.15, 0.2) is 0 Å². The van der Waals surface area contributed by atoms with Crippen molar-refractivity contribution >= 4 is 17.6 Å². The second-order valence-electron chi connectivity index (χ2n) is 5.52. The first-order valence-electron chi connectivity index (χ1n) is 6.97. The summed E-state index contributed by atoms with van der Waals surface area (Å²) in [7, 11) is 0. The Bertz CT molecular complexity index is 378. The standard InChI is InChI=1S/C13H22N4O2/c1-9(2)14-13(19)16-15-11-5-7-17(8-6-11)12(18)10-3-4-10/h9-10H,3-8H2,1-2H3,(H2,14,16,19). The van der Waals surface area contributed by atoms with E-state index in [1.807, 2.05) is 18.7 Å². The highest BCUT2D eigenvalue weighted by molar-refractivity contribution is 5.89. The topological polar surface area (TPSA) is 73.8 Å². The van der Waals surface area contributed by atoms with Gasteiger partial charge in [0.05, 0.1) is 0 Å². The fourth-order valence-corrected chi connectivity index (χ4v) is 2.11. The molecule has 2 aliphatic rings. The zero-order valence-corrected chi connectivity index (χ0v) is 11.6. The summed E-state index contributed by atoms with van der Waals surface area (Å²) in [5.74, 6) is 0.581. The number of piperidine rings is 1. The number of hydrogen-bond donors (Lipinski definition) is 2. The molecule has 6 nitrogen and oxygen atoms in total. The van der Waals surface area contributed by atoms with Gasteiger partial charge in [0, 0.05) is 43.6 Å². The molecular formula is C13H22N4O2. The molecule has 0 aromatic rings. The van der Waals surface area contributed by atoms with Crippen LogP contribution in [0, 0.1) is 5.92 Å². The molecule has 2 fully saturated rings. The Balaban J connectivity index is 1.73. The normalized spacial score (nSPS) is 19.3. The van der Waals surface area contributed by atoms with Gasteiger partial charge in [-0.3, -0.25) is 4.79 Å². The number of hydrogen-bond acceptors (Lipinski definition) is 3. The van der Waals surface area contributed by atoms with Gasteiger partial charge in [-0.2, -0.15) is 5.10 Å². The van der Waals surface area contributed by atoms with Crippen LogP contribution < -0.4 is 10.7 Å².